The van der Waals surface area contributed by atoms with Gasteiger partial charge in [-0.3, -0.25) is 0 Å². The van der Waals surface area contributed by atoms with E-state index >= 15 is 0 Å². The van der Waals surface area contributed by atoms with E-state index in [9.17, 15) is 0 Å². The quantitative estimate of drug-likeness (QED) is 0.413. The van der Waals surface area contributed by atoms with Gasteiger partial charge < -0.3 is 4.74 Å². The summed E-state index contributed by atoms with van der Waals surface area (Å²) in [7, 11) is 0. The van der Waals surface area contributed by atoms with Crippen molar-refractivity contribution in [1.29, 1.82) is 0 Å². The molecule has 0 N–H and O–H groups in total. The Labute approximate surface area is 56.2 Å². The summed E-state index contributed by atoms with van der Waals surface area (Å²) < 4.78 is 4.95. The van der Waals surface area contributed by atoms with Crippen LogP contribution in [0, 0.1) is 0 Å². The summed E-state index contributed by atoms with van der Waals surface area (Å²) in [6, 6.07) is 0. The first-order valence-corrected chi connectivity index (χ1v) is 3.44. The maximum atomic E-state index is 4.95. The van der Waals surface area contributed by atoms with E-state index in [4.69, 9.17) is 17.0 Å². The summed E-state index contributed by atoms with van der Waals surface area (Å²) in [5.41, 5.74) is 0. The van der Waals surface area contributed by atoms with Crippen molar-refractivity contribution in [2.45, 2.75) is 11.2 Å². The Hall–Kier alpha value is 0.370. The number of hydrogen-bond acceptors (Lipinski definition) is 2. The van der Waals surface area contributed by atoms with Crippen LogP contribution in [0.15, 0.2) is 0 Å². The Kier molecular flexibility index (Phi) is 1.65. The lowest BCUT2D eigenvalue weighted by Crippen LogP contribution is -2.00. The maximum Gasteiger partial charge on any atom is 0.173 e. The average Bonchev–Trinajstić information content (AvgIpc) is 1.91. The van der Waals surface area contributed by atoms with E-state index in [-0.39, 0.29) is 0 Å². The standard InChI is InChI=1S/C4H5BrOS/c5-3-1-2-6-4(3)7/h3H,1-2H2. The van der Waals surface area contributed by atoms with E-state index in [1.165, 1.54) is 0 Å². The van der Waals surface area contributed by atoms with Gasteiger partial charge in [0.1, 0.15) is 0 Å². The molecule has 0 radical (unpaired) electrons. The molecule has 1 fully saturated rings. The molecule has 0 spiro atoms. The summed E-state index contributed by atoms with van der Waals surface area (Å²) in [6.07, 6.45) is 1.03. The Morgan fingerprint density at radius 1 is 1.86 bits per heavy atom. The topological polar surface area (TPSA) is 9.23 Å². The third-order valence-electron chi connectivity index (χ3n) is 0.871. The number of alkyl halides is 1. The van der Waals surface area contributed by atoms with Gasteiger partial charge in [-0.25, -0.2) is 0 Å². The van der Waals surface area contributed by atoms with E-state index in [1.807, 2.05) is 0 Å². The molecule has 1 atom stereocenters. The predicted molar refractivity (Wildman–Crippen MR) is 35.9 cm³/mol. The Balaban J connectivity index is 2.48. The second kappa shape index (κ2) is 2.09. The van der Waals surface area contributed by atoms with Gasteiger partial charge >= 0.3 is 0 Å². The number of rotatable bonds is 0. The van der Waals surface area contributed by atoms with Crippen LogP contribution in [0.1, 0.15) is 6.42 Å². The number of halogens is 1. The fourth-order valence-electron chi connectivity index (χ4n) is 0.471. The lowest BCUT2D eigenvalue weighted by atomic mass is 10.4. The van der Waals surface area contributed by atoms with E-state index in [0.29, 0.717) is 9.88 Å². The van der Waals surface area contributed by atoms with Gasteiger partial charge in [0, 0.05) is 6.42 Å². The molecule has 0 aromatic carbocycles. The molecule has 1 heterocycles. The SMILES string of the molecule is S=C1OCCC1Br. The van der Waals surface area contributed by atoms with E-state index < -0.39 is 0 Å². The van der Waals surface area contributed by atoms with Crippen molar-refractivity contribution in [1.82, 2.24) is 0 Å². The highest BCUT2D eigenvalue weighted by atomic mass is 79.9. The van der Waals surface area contributed by atoms with Crippen molar-refractivity contribution < 1.29 is 4.74 Å². The van der Waals surface area contributed by atoms with Crippen LogP contribution in [0.2, 0.25) is 0 Å². The van der Waals surface area contributed by atoms with Crippen molar-refractivity contribution >= 4 is 33.2 Å². The van der Waals surface area contributed by atoms with Crippen molar-refractivity contribution in [3.8, 4) is 0 Å². The molecule has 1 saturated heterocycles. The molecule has 1 aliphatic heterocycles. The molecular formula is C4H5BrOS. The van der Waals surface area contributed by atoms with Gasteiger partial charge in [-0.2, -0.15) is 0 Å². The highest BCUT2D eigenvalue weighted by Crippen LogP contribution is 2.15. The average molecular weight is 181 g/mol. The molecule has 3 heteroatoms. The summed E-state index contributed by atoms with van der Waals surface area (Å²) in [5, 5.41) is 0.708. The maximum absolute atomic E-state index is 4.95. The molecule has 1 unspecified atom stereocenters. The number of thiocarbonyl (C=S) groups is 1. The molecular weight excluding hydrogens is 176 g/mol. The zero-order valence-electron chi connectivity index (χ0n) is 3.69. The molecule has 1 rings (SSSR count). The minimum atomic E-state index is 0.336. The Morgan fingerprint density at radius 2 is 2.57 bits per heavy atom. The van der Waals surface area contributed by atoms with Gasteiger partial charge in [0.2, 0.25) is 0 Å². The van der Waals surface area contributed by atoms with Gasteiger partial charge in [-0.05, 0) is 12.2 Å². The molecule has 0 aliphatic carbocycles. The highest BCUT2D eigenvalue weighted by molar-refractivity contribution is 9.10. The van der Waals surface area contributed by atoms with E-state index in [1.54, 1.807) is 0 Å². The summed E-state index contributed by atoms with van der Waals surface area (Å²) >= 11 is 8.11. The van der Waals surface area contributed by atoms with Crippen LogP contribution in [-0.4, -0.2) is 16.5 Å². The zero-order chi connectivity index (χ0) is 5.28. The molecule has 0 saturated carbocycles. The van der Waals surface area contributed by atoms with Crippen LogP contribution in [0.25, 0.3) is 0 Å². The minimum Gasteiger partial charge on any atom is -0.486 e. The van der Waals surface area contributed by atoms with Gasteiger partial charge in [0.15, 0.2) is 5.05 Å². The monoisotopic (exact) mass is 180 g/mol. The zero-order valence-corrected chi connectivity index (χ0v) is 6.09. The smallest absolute Gasteiger partial charge is 0.173 e. The fourth-order valence-corrected chi connectivity index (χ4v) is 0.992. The van der Waals surface area contributed by atoms with Crippen molar-refractivity contribution in [3.63, 3.8) is 0 Å². The van der Waals surface area contributed by atoms with E-state index in [2.05, 4.69) is 15.9 Å². The summed E-state index contributed by atoms with van der Waals surface area (Å²) in [4.78, 5) is 0.336. The van der Waals surface area contributed by atoms with Crippen LogP contribution < -0.4 is 0 Å². The molecule has 0 bridgehead atoms. The normalized spacial score (nSPS) is 30.4. The second-order valence-corrected chi connectivity index (χ2v) is 2.93. The first kappa shape index (κ1) is 5.51. The van der Waals surface area contributed by atoms with Crippen LogP contribution in [0.4, 0.5) is 0 Å². The van der Waals surface area contributed by atoms with Crippen LogP contribution in [0.3, 0.4) is 0 Å². The van der Waals surface area contributed by atoms with Gasteiger partial charge in [0.05, 0.1) is 11.4 Å². The fraction of sp³-hybridized carbons (Fsp3) is 0.750. The highest BCUT2D eigenvalue weighted by Gasteiger charge is 2.18. The number of ether oxygens (including phenoxy) is 1. The molecule has 1 aliphatic rings. The molecule has 0 aromatic rings. The van der Waals surface area contributed by atoms with Crippen LogP contribution in [0.5, 0.6) is 0 Å². The minimum absolute atomic E-state index is 0.336. The van der Waals surface area contributed by atoms with Crippen molar-refractivity contribution in [3.05, 3.63) is 0 Å². The van der Waals surface area contributed by atoms with Crippen molar-refractivity contribution in [2.24, 2.45) is 0 Å². The largest absolute Gasteiger partial charge is 0.486 e. The van der Waals surface area contributed by atoms with Crippen LogP contribution >= 0.6 is 28.1 Å². The lowest BCUT2D eigenvalue weighted by Gasteiger charge is -1.91. The molecule has 0 aromatic heterocycles. The Bertz CT molecular complexity index is 93.7. The third-order valence-corrected chi connectivity index (χ3v) is 2.45. The van der Waals surface area contributed by atoms with Crippen LogP contribution in [-0.2, 0) is 4.74 Å². The van der Waals surface area contributed by atoms with Crippen molar-refractivity contribution in [2.75, 3.05) is 6.61 Å². The molecule has 7 heavy (non-hydrogen) atoms. The second-order valence-electron chi connectivity index (χ2n) is 1.42. The lowest BCUT2D eigenvalue weighted by molar-refractivity contribution is 0.351. The summed E-state index contributed by atoms with van der Waals surface area (Å²) in [6.45, 7) is 0.786. The first-order chi connectivity index (χ1) is 3.30. The van der Waals surface area contributed by atoms with Gasteiger partial charge in [-0.1, -0.05) is 15.9 Å². The van der Waals surface area contributed by atoms with Gasteiger partial charge in [-0.15, -0.1) is 0 Å². The third kappa shape index (κ3) is 1.13. The predicted octanol–water partition coefficient (Wildman–Crippen LogP) is 1.50. The molecule has 0 amide bonds. The molecule has 40 valence electrons. The molecule has 1 nitrogen and oxygen atoms in total. The number of hydrogen-bond donors (Lipinski definition) is 0. The first-order valence-electron chi connectivity index (χ1n) is 2.11. The van der Waals surface area contributed by atoms with Gasteiger partial charge in [0.25, 0.3) is 0 Å². The van der Waals surface area contributed by atoms with E-state index in [0.717, 1.165) is 13.0 Å². The summed E-state index contributed by atoms with van der Waals surface area (Å²) in [5.74, 6) is 0. The Morgan fingerprint density at radius 3 is 2.71 bits per heavy atom.